The molecule has 2 aliphatic carbocycles. The van der Waals surface area contributed by atoms with Crippen molar-refractivity contribution in [1.29, 1.82) is 0 Å². The van der Waals surface area contributed by atoms with Crippen LogP contribution in [0.25, 0.3) is 5.69 Å². The number of anilines is 1. The molecule has 3 N–H and O–H groups in total. The molecule has 1 amide bonds. The van der Waals surface area contributed by atoms with Crippen LogP contribution in [0.5, 0.6) is 0 Å². The molecular formula is C21H20F2N4O2. The number of carbonyl (C=O) groups excluding carboxylic acids is 2. The topological polar surface area (TPSA) is 90.0 Å². The fraction of sp³-hybridized carbons (Fsp3) is 0.286. The van der Waals surface area contributed by atoms with E-state index in [2.05, 4.69) is 10.3 Å². The van der Waals surface area contributed by atoms with Gasteiger partial charge in [0.2, 0.25) is 0 Å². The predicted octanol–water partition coefficient (Wildman–Crippen LogP) is 3.56. The van der Waals surface area contributed by atoms with Gasteiger partial charge in [-0.3, -0.25) is 14.2 Å². The first-order valence-electron chi connectivity index (χ1n) is 9.36. The molecule has 4 rings (SSSR count). The van der Waals surface area contributed by atoms with Gasteiger partial charge in [-0.1, -0.05) is 6.07 Å². The van der Waals surface area contributed by atoms with Crippen molar-refractivity contribution in [2.45, 2.75) is 32.2 Å². The first kappa shape index (κ1) is 19.0. The number of hydrogen-bond donors (Lipinski definition) is 2. The van der Waals surface area contributed by atoms with E-state index in [1.54, 1.807) is 18.2 Å². The molecule has 1 saturated carbocycles. The minimum Gasteiger partial charge on any atom is -0.383 e. The van der Waals surface area contributed by atoms with Gasteiger partial charge in [0, 0.05) is 24.1 Å². The van der Waals surface area contributed by atoms with Gasteiger partial charge in [-0.25, -0.2) is 13.8 Å². The van der Waals surface area contributed by atoms with E-state index in [4.69, 9.17) is 5.73 Å². The van der Waals surface area contributed by atoms with Crippen LogP contribution < -0.4 is 11.1 Å². The van der Waals surface area contributed by atoms with Crippen molar-refractivity contribution >= 4 is 17.5 Å². The van der Waals surface area contributed by atoms with Crippen molar-refractivity contribution in [1.82, 2.24) is 14.9 Å². The number of Topliss-reactive ketones (excluding diaryl/α,β-unsaturated/α-hetero) is 1. The van der Waals surface area contributed by atoms with Crippen LogP contribution in [0, 0.1) is 12.8 Å². The number of nitrogens with two attached hydrogens (primary N) is 1. The van der Waals surface area contributed by atoms with E-state index in [-0.39, 0.29) is 29.9 Å². The van der Waals surface area contributed by atoms with Crippen LogP contribution >= 0.6 is 0 Å². The van der Waals surface area contributed by atoms with Crippen molar-refractivity contribution in [3.8, 4) is 5.69 Å². The maximum absolute atomic E-state index is 13.5. The van der Waals surface area contributed by atoms with Gasteiger partial charge in [-0.15, -0.1) is 0 Å². The molecule has 1 atom stereocenters. The number of aromatic nitrogens is 2. The lowest BCUT2D eigenvalue weighted by atomic mass is 9.93. The zero-order valence-electron chi connectivity index (χ0n) is 15.8. The number of nitrogen functional groups attached to an aromatic ring is 1. The van der Waals surface area contributed by atoms with Gasteiger partial charge in [-0.2, -0.15) is 0 Å². The van der Waals surface area contributed by atoms with Crippen molar-refractivity contribution in [2.75, 3.05) is 5.73 Å². The molecular weight excluding hydrogens is 378 g/mol. The third kappa shape index (κ3) is 3.83. The Morgan fingerprint density at radius 2 is 2.03 bits per heavy atom. The van der Waals surface area contributed by atoms with Crippen LogP contribution in [-0.4, -0.2) is 27.3 Å². The number of allylic oxidation sites excluding steroid dienone is 4. The van der Waals surface area contributed by atoms with E-state index < -0.39 is 23.4 Å². The largest absolute Gasteiger partial charge is 0.383 e. The maximum atomic E-state index is 13.5. The molecule has 0 spiro atoms. The van der Waals surface area contributed by atoms with Crippen LogP contribution in [0.3, 0.4) is 0 Å². The molecule has 1 heterocycles. The lowest BCUT2D eigenvalue weighted by Crippen LogP contribution is -2.25. The molecule has 0 bridgehead atoms. The van der Waals surface area contributed by atoms with Gasteiger partial charge in [0.05, 0.1) is 11.6 Å². The fourth-order valence-electron chi connectivity index (χ4n) is 3.31. The number of amides is 1. The average Bonchev–Trinajstić information content (AvgIpc) is 3.40. The number of aryl methyl sites for hydroxylation is 1. The minimum atomic E-state index is -0.998. The average molecular weight is 398 g/mol. The lowest BCUT2D eigenvalue weighted by molar-refractivity contribution is 0.0932. The molecule has 29 heavy (non-hydrogen) atoms. The second kappa shape index (κ2) is 7.27. The summed E-state index contributed by atoms with van der Waals surface area (Å²) in [4.78, 5) is 29.2. The standard InChI is InChI=1S/C21H20F2N4O2/c1-11-2-3-12(21(29)26-16-4-5-16)8-17(11)27-10-25-18(20(27)24)19(28)13-6-14(22)9-15(23)7-13/h2-3,6,8-10,13,16H,4-5,7,24H2,1H3,(H,26,29). The zero-order valence-corrected chi connectivity index (χ0v) is 15.8. The molecule has 0 radical (unpaired) electrons. The fourth-order valence-corrected chi connectivity index (χ4v) is 3.31. The summed E-state index contributed by atoms with van der Waals surface area (Å²) in [5, 5.41) is 2.93. The maximum Gasteiger partial charge on any atom is 0.251 e. The summed E-state index contributed by atoms with van der Waals surface area (Å²) in [6, 6.07) is 5.42. The highest BCUT2D eigenvalue weighted by Crippen LogP contribution is 2.30. The normalized spacial score (nSPS) is 18.8. The number of imidazole rings is 1. The first-order chi connectivity index (χ1) is 13.8. The van der Waals surface area contributed by atoms with Gasteiger partial charge in [0.15, 0.2) is 5.78 Å². The molecule has 2 aromatic rings. The molecule has 6 nitrogen and oxygen atoms in total. The number of rotatable bonds is 5. The molecule has 1 aromatic heterocycles. The molecule has 2 aliphatic rings. The Kier molecular flexibility index (Phi) is 4.77. The van der Waals surface area contributed by atoms with Crippen LogP contribution in [0.1, 0.15) is 45.7 Å². The molecule has 8 heteroatoms. The summed E-state index contributed by atoms with van der Waals surface area (Å²) in [5.41, 5.74) is 8.01. The number of benzene rings is 1. The highest BCUT2D eigenvalue weighted by Gasteiger charge is 2.28. The van der Waals surface area contributed by atoms with Gasteiger partial charge in [0.25, 0.3) is 5.91 Å². The van der Waals surface area contributed by atoms with Gasteiger partial charge < -0.3 is 11.1 Å². The third-order valence-electron chi connectivity index (χ3n) is 5.09. The van der Waals surface area contributed by atoms with E-state index in [9.17, 15) is 18.4 Å². The molecule has 0 saturated heterocycles. The quantitative estimate of drug-likeness (QED) is 0.754. The van der Waals surface area contributed by atoms with Crippen LogP contribution in [0.15, 0.2) is 48.3 Å². The summed E-state index contributed by atoms with van der Waals surface area (Å²) in [5.74, 6) is -3.17. The summed E-state index contributed by atoms with van der Waals surface area (Å²) < 4.78 is 28.5. The van der Waals surface area contributed by atoms with Crippen LogP contribution in [0.4, 0.5) is 14.6 Å². The molecule has 0 aliphatic heterocycles. The summed E-state index contributed by atoms with van der Waals surface area (Å²) >= 11 is 0. The van der Waals surface area contributed by atoms with E-state index in [1.165, 1.54) is 10.9 Å². The number of nitrogens with zero attached hydrogens (tertiary/aromatic N) is 2. The first-order valence-corrected chi connectivity index (χ1v) is 9.36. The Labute approximate surface area is 166 Å². The van der Waals surface area contributed by atoms with Crippen molar-refractivity contribution in [2.24, 2.45) is 5.92 Å². The van der Waals surface area contributed by atoms with Crippen molar-refractivity contribution in [3.63, 3.8) is 0 Å². The molecule has 1 unspecified atom stereocenters. The SMILES string of the molecule is Cc1ccc(C(=O)NC2CC2)cc1-n1cnc(C(=O)C2C=C(F)C=C(F)C2)c1N. The number of halogens is 2. The van der Waals surface area contributed by atoms with E-state index in [0.29, 0.717) is 11.3 Å². The van der Waals surface area contributed by atoms with E-state index in [0.717, 1.165) is 30.6 Å². The van der Waals surface area contributed by atoms with Gasteiger partial charge in [0.1, 0.15) is 29.5 Å². The Morgan fingerprint density at radius 1 is 1.28 bits per heavy atom. The van der Waals surface area contributed by atoms with Crippen molar-refractivity contribution < 1.29 is 18.4 Å². The number of carbonyl (C=O) groups is 2. The van der Waals surface area contributed by atoms with Crippen LogP contribution in [-0.2, 0) is 0 Å². The molecule has 1 aromatic carbocycles. The summed E-state index contributed by atoms with van der Waals surface area (Å²) in [6.45, 7) is 1.85. The highest BCUT2D eigenvalue weighted by atomic mass is 19.1. The van der Waals surface area contributed by atoms with E-state index >= 15 is 0 Å². The number of ketones is 1. The second-order valence-electron chi connectivity index (χ2n) is 7.42. The third-order valence-corrected chi connectivity index (χ3v) is 5.09. The predicted molar refractivity (Wildman–Crippen MR) is 104 cm³/mol. The van der Waals surface area contributed by atoms with Gasteiger partial charge in [-0.05, 0) is 43.5 Å². The Bertz CT molecular complexity index is 1070. The Balaban J connectivity index is 1.64. The van der Waals surface area contributed by atoms with Gasteiger partial charge >= 0.3 is 0 Å². The Morgan fingerprint density at radius 3 is 2.72 bits per heavy atom. The molecule has 1 fully saturated rings. The number of nitrogens with one attached hydrogen (secondary N) is 1. The van der Waals surface area contributed by atoms with E-state index in [1.807, 2.05) is 6.92 Å². The summed E-state index contributed by atoms with van der Waals surface area (Å²) in [6.07, 6.45) is 4.94. The number of hydrogen-bond acceptors (Lipinski definition) is 4. The highest BCUT2D eigenvalue weighted by molar-refractivity contribution is 6.01. The lowest BCUT2D eigenvalue weighted by Gasteiger charge is -2.14. The monoisotopic (exact) mass is 398 g/mol. The summed E-state index contributed by atoms with van der Waals surface area (Å²) in [7, 11) is 0. The molecule has 150 valence electrons. The smallest absolute Gasteiger partial charge is 0.251 e. The minimum absolute atomic E-state index is 0.0546. The van der Waals surface area contributed by atoms with Crippen LogP contribution in [0.2, 0.25) is 0 Å². The van der Waals surface area contributed by atoms with Crippen molar-refractivity contribution in [3.05, 3.63) is 65.2 Å². The second-order valence-corrected chi connectivity index (χ2v) is 7.42. The zero-order chi connectivity index (χ0) is 20.7. The Hall–Kier alpha value is -3.29.